The van der Waals surface area contributed by atoms with E-state index in [0.717, 1.165) is 11.2 Å². The number of hydrogen-bond donors (Lipinski definition) is 1. The van der Waals surface area contributed by atoms with Gasteiger partial charge in [0.05, 0.1) is 7.11 Å². The summed E-state index contributed by atoms with van der Waals surface area (Å²) in [5, 5.41) is 1.17. The number of fused-ring (bicyclic) bond motifs is 1. The van der Waals surface area contributed by atoms with Gasteiger partial charge in [0.25, 0.3) is 0 Å². The fraction of sp³-hybridized carbons (Fsp3) is 0.357. The lowest BCUT2D eigenvalue weighted by atomic mass is 10.1. The number of methoxy groups -OCH3 is 1. The van der Waals surface area contributed by atoms with Crippen molar-refractivity contribution >= 4 is 16.9 Å². The first-order valence-corrected chi connectivity index (χ1v) is 5.91. The molecule has 0 bridgehead atoms. The predicted octanol–water partition coefficient (Wildman–Crippen LogP) is 1.53. The van der Waals surface area contributed by atoms with Crippen LogP contribution in [0.4, 0.5) is 0 Å². The third-order valence-electron chi connectivity index (χ3n) is 3.23. The second-order valence-corrected chi connectivity index (χ2v) is 4.59. The fourth-order valence-corrected chi connectivity index (χ4v) is 2.18. The van der Waals surface area contributed by atoms with Gasteiger partial charge >= 0.3 is 5.97 Å². The summed E-state index contributed by atoms with van der Waals surface area (Å²) in [5.41, 5.74) is 9.19. The van der Waals surface area contributed by atoms with Crippen molar-refractivity contribution in [1.29, 1.82) is 0 Å². The molecule has 0 spiro atoms. The highest BCUT2D eigenvalue weighted by Crippen LogP contribution is 2.20. The van der Waals surface area contributed by atoms with E-state index in [0.29, 0.717) is 6.42 Å². The second kappa shape index (κ2) is 4.82. The lowest BCUT2D eigenvalue weighted by Gasteiger charge is -2.10. The second-order valence-electron chi connectivity index (χ2n) is 4.59. The Morgan fingerprint density at radius 3 is 2.83 bits per heavy atom. The molecular formula is C14H18N2O2. The molecule has 1 aromatic carbocycles. The minimum absolute atomic E-state index is 0.378. The van der Waals surface area contributed by atoms with Gasteiger partial charge in [-0.1, -0.05) is 11.6 Å². The molecule has 4 nitrogen and oxygen atoms in total. The molecule has 96 valence electrons. The summed E-state index contributed by atoms with van der Waals surface area (Å²) in [7, 11) is 3.34. The summed E-state index contributed by atoms with van der Waals surface area (Å²) >= 11 is 0. The van der Waals surface area contributed by atoms with Gasteiger partial charge in [-0.05, 0) is 25.1 Å². The van der Waals surface area contributed by atoms with Crippen LogP contribution in [0.3, 0.4) is 0 Å². The SMILES string of the molecule is COC(=O)C(N)Cc1cc2cc(C)ccc2n1C. The number of aryl methyl sites for hydroxylation is 2. The fourth-order valence-electron chi connectivity index (χ4n) is 2.18. The van der Waals surface area contributed by atoms with Gasteiger partial charge in [0, 0.05) is 30.1 Å². The van der Waals surface area contributed by atoms with Crippen LogP contribution in [0.15, 0.2) is 24.3 Å². The summed E-state index contributed by atoms with van der Waals surface area (Å²) in [5.74, 6) is -0.378. The predicted molar refractivity (Wildman–Crippen MR) is 71.4 cm³/mol. The van der Waals surface area contributed by atoms with Crippen LogP contribution in [-0.2, 0) is 23.0 Å². The zero-order valence-corrected chi connectivity index (χ0v) is 10.9. The van der Waals surface area contributed by atoms with Crippen molar-refractivity contribution < 1.29 is 9.53 Å². The van der Waals surface area contributed by atoms with Crippen LogP contribution in [0.25, 0.3) is 10.9 Å². The van der Waals surface area contributed by atoms with Crippen molar-refractivity contribution in [2.24, 2.45) is 12.8 Å². The highest BCUT2D eigenvalue weighted by atomic mass is 16.5. The van der Waals surface area contributed by atoms with E-state index in [1.165, 1.54) is 18.1 Å². The van der Waals surface area contributed by atoms with E-state index >= 15 is 0 Å². The molecule has 0 amide bonds. The Balaban J connectivity index is 2.34. The molecule has 0 fully saturated rings. The van der Waals surface area contributed by atoms with Crippen LogP contribution < -0.4 is 5.73 Å². The van der Waals surface area contributed by atoms with Crippen LogP contribution in [0.5, 0.6) is 0 Å². The summed E-state index contributed by atoms with van der Waals surface area (Å²) in [6.07, 6.45) is 0.483. The quantitative estimate of drug-likeness (QED) is 0.836. The molecule has 4 heteroatoms. The van der Waals surface area contributed by atoms with Crippen molar-refractivity contribution in [3.8, 4) is 0 Å². The molecule has 2 N–H and O–H groups in total. The van der Waals surface area contributed by atoms with Crippen molar-refractivity contribution in [1.82, 2.24) is 4.57 Å². The molecule has 0 radical (unpaired) electrons. The van der Waals surface area contributed by atoms with E-state index < -0.39 is 6.04 Å². The molecule has 0 saturated carbocycles. The van der Waals surface area contributed by atoms with E-state index in [1.54, 1.807) is 0 Å². The average Bonchev–Trinajstić information content (AvgIpc) is 2.64. The van der Waals surface area contributed by atoms with Gasteiger partial charge in [0.15, 0.2) is 0 Å². The summed E-state index contributed by atoms with van der Waals surface area (Å²) in [4.78, 5) is 11.3. The molecule has 2 rings (SSSR count). The first kappa shape index (κ1) is 12.6. The van der Waals surface area contributed by atoms with E-state index in [9.17, 15) is 4.79 Å². The van der Waals surface area contributed by atoms with Crippen LogP contribution >= 0.6 is 0 Å². The Morgan fingerprint density at radius 2 is 2.17 bits per heavy atom. The molecule has 2 aromatic rings. The third kappa shape index (κ3) is 2.24. The number of carbonyl (C=O) groups excluding carboxylic acids is 1. The number of carbonyl (C=O) groups is 1. The van der Waals surface area contributed by atoms with Gasteiger partial charge in [0.1, 0.15) is 6.04 Å². The highest BCUT2D eigenvalue weighted by molar-refractivity contribution is 5.82. The minimum atomic E-state index is -0.612. The minimum Gasteiger partial charge on any atom is -0.468 e. The van der Waals surface area contributed by atoms with Crippen molar-refractivity contribution in [3.63, 3.8) is 0 Å². The Bertz CT molecular complexity index is 587. The Morgan fingerprint density at radius 1 is 1.44 bits per heavy atom. The number of hydrogen-bond acceptors (Lipinski definition) is 3. The Labute approximate surface area is 106 Å². The summed E-state index contributed by atoms with van der Waals surface area (Å²) in [6, 6.07) is 7.75. The van der Waals surface area contributed by atoms with Crippen LogP contribution in [0.2, 0.25) is 0 Å². The van der Waals surface area contributed by atoms with Gasteiger partial charge in [-0.15, -0.1) is 0 Å². The van der Waals surface area contributed by atoms with Gasteiger partial charge in [-0.2, -0.15) is 0 Å². The molecule has 1 heterocycles. The first-order valence-electron chi connectivity index (χ1n) is 5.91. The van der Waals surface area contributed by atoms with E-state index in [1.807, 2.05) is 7.05 Å². The zero-order chi connectivity index (χ0) is 13.3. The zero-order valence-electron chi connectivity index (χ0n) is 10.9. The Hall–Kier alpha value is -1.81. The normalized spacial score (nSPS) is 12.7. The lowest BCUT2D eigenvalue weighted by Crippen LogP contribution is -2.34. The maximum absolute atomic E-state index is 11.3. The average molecular weight is 246 g/mol. The number of rotatable bonds is 3. The van der Waals surface area contributed by atoms with E-state index in [2.05, 4.69) is 40.5 Å². The number of aromatic nitrogens is 1. The third-order valence-corrected chi connectivity index (χ3v) is 3.23. The van der Waals surface area contributed by atoms with E-state index in [4.69, 9.17) is 5.73 Å². The number of ether oxygens (including phenoxy) is 1. The maximum Gasteiger partial charge on any atom is 0.323 e. The summed E-state index contributed by atoms with van der Waals surface area (Å²) in [6.45, 7) is 2.06. The molecular weight excluding hydrogens is 228 g/mol. The molecule has 1 unspecified atom stereocenters. The Kier molecular flexibility index (Phi) is 3.39. The highest BCUT2D eigenvalue weighted by Gasteiger charge is 2.17. The first-order chi connectivity index (χ1) is 8.52. The lowest BCUT2D eigenvalue weighted by molar-refractivity contribution is -0.142. The van der Waals surface area contributed by atoms with Crippen LogP contribution in [0, 0.1) is 6.92 Å². The van der Waals surface area contributed by atoms with Crippen molar-refractivity contribution in [3.05, 3.63) is 35.5 Å². The number of nitrogens with zero attached hydrogens (tertiary/aromatic N) is 1. The van der Waals surface area contributed by atoms with Crippen molar-refractivity contribution in [2.75, 3.05) is 7.11 Å². The van der Waals surface area contributed by atoms with E-state index in [-0.39, 0.29) is 5.97 Å². The van der Waals surface area contributed by atoms with Crippen LogP contribution in [-0.4, -0.2) is 23.7 Å². The van der Waals surface area contributed by atoms with Gasteiger partial charge in [-0.3, -0.25) is 4.79 Å². The molecule has 1 atom stereocenters. The monoisotopic (exact) mass is 246 g/mol. The maximum atomic E-state index is 11.3. The van der Waals surface area contributed by atoms with Gasteiger partial charge < -0.3 is 15.0 Å². The van der Waals surface area contributed by atoms with Crippen LogP contribution in [0.1, 0.15) is 11.3 Å². The van der Waals surface area contributed by atoms with Gasteiger partial charge in [0.2, 0.25) is 0 Å². The smallest absolute Gasteiger partial charge is 0.323 e. The van der Waals surface area contributed by atoms with Gasteiger partial charge in [-0.25, -0.2) is 0 Å². The molecule has 18 heavy (non-hydrogen) atoms. The molecule has 0 saturated heterocycles. The molecule has 1 aromatic heterocycles. The summed E-state index contributed by atoms with van der Waals surface area (Å²) < 4.78 is 6.71. The number of esters is 1. The number of benzene rings is 1. The molecule has 0 aliphatic rings. The standard InChI is InChI=1S/C14H18N2O2/c1-9-4-5-13-10(6-9)7-11(16(13)2)8-12(15)14(17)18-3/h4-7,12H,8,15H2,1-3H3. The van der Waals surface area contributed by atoms with Crippen molar-refractivity contribution in [2.45, 2.75) is 19.4 Å². The number of nitrogens with two attached hydrogens (primary N) is 1. The largest absolute Gasteiger partial charge is 0.468 e. The topological polar surface area (TPSA) is 57.2 Å². The molecule has 0 aliphatic heterocycles. The molecule has 0 aliphatic carbocycles.